The summed E-state index contributed by atoms with van der Waals surface area (Å²) in [4.78, 5) is 15.5. The number of benzene rings is 2. The van der Waals surface area contributed by atoms with Crippen molar-refractivity contribution < 1.29 is 27.1 Å². The maximum absolute atomic E-state index is 14.0. The highest BCUT2D eigenvalue weighted by Crippen LogP contribution is 2.36. The maximum atomic E-state index is 14.0. The lowest BCUT2D eigenvalue weighted by Gasteiger charge is -2.27. The molecule has 1 N–H and O–H groups in total. The molecule has 2 aromatic carbocycles. The molecule has 1 amide bonds. The van der Waals surface area contributed by atoms with E-state index in [9.17, 15) is 17.6 Å². The van der Waals surface area contributed by atoms with Gasteiger partial charge < -0.3 is 19.7 Å². The minimum Gasteiger partial charge on any atom is -0.486 e. The number of ether oxygens (including phenoxy) is 2. The molecule has 0 radical (unpaired) electrons. The number of hydrogen-bond acceptors (Lipinski definition) is 6. The van der Waals surface area contributed by atoms with Gasteiger partial charge in [-0.25, -0.2) is 12.8 Å². The van der Waals surface area contributed by atoms with Gasteiger partial charge >= 0.3 is 0 Å². The Morgan fingerprint density at radius 2 is 1.67 bits per heavy atom. The van der Waals surface area contributed by atoms with Gasteiger partial charge in [0.05, 0.1) is 10.8 Å². The molecule has 0 aliphatic carbocycles. The van der Waals surface area contributed by atoms with Crippen molar-refractivity contribution in [3.63, 3.8) is 0 Å². The van der Waals surface area contributed by atoms with Crippen LogP contribution in [0.2, 0.25) is 0 Å². The van der Waals surface area contributed by atoms with Gasteiger partial charge in [0.15, 0.2) is 11.5 Å². The lowest BCUT2D eigenvalue weighted by molar-refractivity contribution is -0.131. The summed E-state index contributed by atoms with van der Waals surface area (Å²) in [6.07, 6.45) is 0. The molecule has 0 aromatic heterocycles. The normalized spacial score (nSPS) is 18.5. The molecular weight excluding hydrogens is 485 g/mol. The fraction of sp³-hybridized carbons (Fsp3) is 0.423. The molecule has 192 valence electrons. The average Bonchev–Trinajstić information content (AvgIpc) is 3.44. The summed E-state index contributed by atoms with van der Waals surface area (Å²) in [5.74, 6) is 0.189. The number of sulfonamides is 1. The lowest BCUT2D eigenvalue weighted by Crippen LogP contribution is -2.40. The van der Waals surface area contributed by atoms with E-state index >= 15 is 0 Å². The van der Waals surface area contributed by atoms with E-state index < -0.39 is 15.9 Å². The summed E-state index contributed by atoms with van der Waals surface area (Å²) in [6, 6.07) is 7.91. The Kier molecular flexibility index (Phi) is 6.52. The fourth-order valence-electron chi connectivity index (χ4n) is 5.14. The number of carbonyl (C=O) groups is 1. The third-order valence-electron chi connectivity index (χ3n) is 7.09. The zero-order chi connectivity index (χ0) is 25.6. The number of nitrogens with zero attached hydrogens (tertiary/aromatic N) is 2. The van der Waals surface area contributed by atoms with Crippen LogP contribution in [0, 0.1) is 19.7 Å². The second-order valence-electron chi connectivity index (χ2n) is 9.55. The Morgan fingerprint density at radius 1 is 1.00 bits per heavy atom. The number of rotatable bonds is 6. The minimum atomic E-state index is -3.73. The van der Waals surface area contributed by atoms with E-state index in [0.29, 0.717) is 49.9 Å². The van der Waals surface area contributed by atoms with Crippen LogP contribution in [0.1, 0.15) is 22.6 Å². The first-order valence-corrected chi connectivity index (χ1v) is 13.4. The van der Waals surface area contributed by atoms with Crippen LogP contribution in [-0.4, -0.2) is 76.5 Å². The molecule has 3 heterocycles. The van der Waals surface area contributed by atoms with Crippen molar-refractivity contribution in [1.82, 2.24) is 14.5 Å². The quantitative estimate of drug-likeness (QED) is 0.595. The molecule has 0 bridgehead atoms. The molecule has 1 unspecified atom stereocenters. The van der Waals surface area contributed by atoms with Crippen molar-refractivity contribution in [2.45, 2.75) is 24.7 Å². The zero-order valence-corrected chi connectivity index (χ0v) is 21.5. The first kappa shape index (κ1) is 24.7. The Morgan fingerprint density at radius 3 is 2.33 bits per heavy atom. The van der Waals surface area contributed by atoms with E-state index in [2.05, 4.69) is 5.32 Å². The van der Waals surface area contributed by atoms with Gasteiger partial charge in [-0.2, -0.15) is 4.31 Å². The van der Waals surface area contributed by atoms with Crippen LogP contribution in [0.3, 0.4) is 0 Å². The van der Waals surface area contributed by atoms with Crippen LogP contribution in [0.5, 0.6) is 11.5 Å². The van der Waals surface area contributed by atoms with E-state index in [1.165, 1.54) is 22.5 Å². The smallest absolute Gasteiger partial charge is 0.243 e. The third kappa shape index (κ3) is 4.38. The van der Waals surface area contributed by atoms with Gasteiger partial charge in [0, 0.05) is 38.8 Å². The van der Waals surface area contributed by atoms with Crippen LogP contribution in [0.15, 0.2) is 46.4 Å². The van der Waals surface area contributed by atoms with Gasteiger partial charge in [-0.1, -0.05) is 6.07 Å². The van der Waals surface area contributed by atoms with Crippen LogP contribution in [0.4, 0.5) is 4.39 Å². The summed E-state index contributed by atoms with van der Waals surface area (Å²) < 4.78 is 53.2. The van der Waals surface area contributed by atoms with Gasteiger partial charge in [0.2, 0.25) is 15.9 Å². The van der Waals surface area contributed by atoms with Crippen molar-refractivity contribution in [2.75, 3.05) is 53.0 Å². The van der Waals surface area contributed by atoms with Gasteiger partial charge in [0.25, 0.3) is 0 Å². The SMILES string of the molecule is CNCC(C(=O)N1CC2=C(C1)CN(S(=O)(=O)c1ccc3c(c1)OCCO3)C2)c1cc(C)c(F)cc1C. The summed E-state index contributed by atoms with van der Waals surface area (Å²) in [5.41, 5.74) is 3.97. The van der Waals surface area contributed by atoms with E-state index in [4.69, 9.17) is 9.47 Å². The molecule has 0 spiro atoms. The highest BCUT2D eigenvalue weighted by Gasteiger charge is 2.39. The highest BCUT2D eigenvalue weighted by molar-refractivity contribution is 7.89. The van der Waals surface area contributed by atoms with Crippen LogP contribution >= 0.6 is 0 Å². The number of halogens is 1. The summed E-state index contributed by atoms with van der Waals surface area (Å²) in [6.45, 7) is 6.04. The monoisotopic (exact) mass is 515 g/mol. The number of aryl methyl sites for hydroxylation is 2. The Labute approximate surface area is 210 Å². The molecule has 3 aliphatic heterocycles. The maximum Gasteiger partial charge on any atom is 0.243 e. The minimum absolute atomic E-state index is 0.0471. The lowest BCUT2D eigenvalue weighted by atomic mass is 9.91. The molecule has 5 rings (SSSR count). The Bertz CT molecular complexity index is 1340. The van der Waals surface area contributed by atoms with Gasteiger partial charge in [-0.05, 0) is 66.9 Å². The topological polar surface area (TPSA) is 88.2 Å². The van der Waals surface area contributed by atoms with E-state index in [1.807, 2.05) is 6.92 Å². The van der Waals surface area contributed by atoms with Crippen molar-refractivity contribution in [3.05, 3.63) is 64.0 Å². The van der Waals surface area contributed by atoms with E-state index in [0.717, 1.165) is 22.3 Å². The first-order valence-electron chi connectivity index (χ1n) is 12.0. The predicted octanol–water partition coefficient (Wildman–Crippen LogP) is 2.36. The van der Waals surface area contributed by atoms with E-state index in [-0.39, 0.29) is 29.7 Å². The van der Waals surface area contributed by atoms with Gasteiger partial charge in [-0.3, -0.25) is 4.79 Å². The van der Waals surface area contributed by atoms with Crippen LogP contribution in [0.25, 0.3) is 0 Å². The molecule has 0 saturated heterocycles. The number of likely N-dealkylation sites (N-methyl/N-ethyl adjacent to an activating group) is 1. The number of amides is 1. The number of carbonyl (C=O) groups excluding carboxylic acids is 1. The molecule has 8 nitrogen and oxygen atoms in total. The summed E-state index contributed by atoms with van der Waals surface area (Å²) in [7, 11) is -1.94. The number of nitrogens with one attached hydrogen (secondary N) is 1. The second kappa shape index (κ2) is 9.49. The van der Waals surface area contributed by atoms with Gasteiger partial charge in [0.1, 0.15) is 19.0 Å². The molecule has 1 atom stereocenters. The summed E-state index contributed by atoms with van der Waals surface area (Å²) in [5, 5.41) is 3.09. The molecule has 2 aromatic rings. The molecule has 36 heavy (non-hydrogen) atoms. The zero-order valence-electron chi connectivity index (χ0n) is 20.6. The third-order valence-corrected chi connectivity index (χ3v) is 8.88. The first-order chi connectivity index (χ1) is 17.2. The largest absolute Gasteiger partial charge is 0.486 e. The molecular formula is C26H30FN3O5S. The van der Waals surface area contributed by atoms with Crippen molar-refractivity contribution >= 4 is 15.9 Å². The Hall–Kier alpha value is -2.95. The van der Waals surface area contributed by atoms with E-state index in [1.54, 1.807) is 31.0 Å². The molecule has 3 aliphatic rings. The average molecular weight is 516 g/mol. The Balaban J connectivity index is 1.29. The molecule has 0 fully saturated rings. The van der Waals surface area contributed by atoms with Crippen LogP contribution in [-0.2, 0) is 14.8 Å². The van der Waals surface area contributed by atoms with Gasteiger partial charge in [-0.15, -0.1) is 0 Å². The summed E-state index contributed by atoms with van der Waals surface area (Å²) >= 11 is 0. The van der Waals surface area contributed by atoms with Crippen molar-refractivity contribution in [3.8, 4) is 11.5 Å². The molecule has 10 heteroatoms. The predicted molar refractivity (Wildman–Crippen MR) is 132 cm³/mol. The van der Waals surface area contributed by atoms with Crippen LogP contribution < -0.4 is 14.8 Å². The molecule has 0 saturated carbocycles. The fourth-order valence-corrected chi connectivity index (χ4v) is 6.58. The highest BCUT2D eigenvalue weighted by atomic mass is 32.2. The second-order valence-corrected chi connectivity index (χ2v) is 11.5. The number of hydrogen-bond donors (Lipinski definition) is 1. The number of fused-ring (bicyclic) bond motifs is 1. The standard InChI is InChI=1S/C26H30FN3O5S/c1-16-9-23(27)17(2)8-21(16)22(11-28-3)26(31)29-12-18-14-30(15-19(18)13-29)36(32,33)20-4-5-24-25(10-20)35-7-6-34-24/h4-5,8-10,22,28H,6-7,11-15H2,1-3H3. The van der Waals surface area contributed by atoms with Crippen molar-refractivity contribution in [1.29, 1.82) is 0 Å². The van der Waals surface area contributed by atoms with Crippen molar-refractivity contribution in [2.24, 2.45) is 0 Å².